The van der Waals surface area contributed by atoms with E-state index in [2.05, 4.69) is 4.72 Å². The summed E-state index contributed by atoms with van der Waals surface area (Å²) in [6.45, 7) is 6.94. The van der Waals surface area contributed by atoms with Gasteiger partial charge in [0.15, 0.2) is 0 Å². The SMILES string of the molecule is CCCN(CC1CC1)C(=O)c1ccc(OC)c(S(=O)(=O)NC(C)C)c1. The van der Waals surface area contributed by atoms with E-state index >= 15 is 0 Å². The quantitative estimate of drug-likeness (QED) is 0.727. The van der Waals surface area contributed by atoms with Gasteiger partial charge in [0.05, 0.1) is 7.11 Å². The minimum Gasteiger partial charge on any atom is -0.495 e. The highest BCUT2D eigenvalue weighted by atomic mass is 32.2. The summed E-state index contributed by atoms with van der Waals surface area (Å²) in [5.41, 5.74) is 0.374. The number of nitrogens with one attached hydrogen (secondary N) is 1. The molecule has 1 aromatic carbocycles. The number of amides is 1. The molecule has 1 aliphatic carbocycles. The fourth-order valence-electron chi connectivity index (χ4n) is 2.73. The zero-order valence-electron chi connectivity index (χ0n) is 15.4. The van der Waals surface area contributed by atoms with Gasteiger partial charge in [-0.3, -0.25) is 4.79 Å². The molecule has 1 aliphatic rings. The predicted molar refractivity (Wildman–Crippen MR) is 97.4 cm³/mol. The molecule has 0 heterocycles. The van der Waals surface area contributed by atoms with Gasteiger partial charge in [0.2, 0.25) is 10.0 Å². The minimum atomic E-state index is -3.75. The molecule has 1 N–H and O–H groups in total. The molecule has 1 saturated carbocycles. The Hall–Kier alpha value is -1.60. The number of nitrogens with zero attached hydrogens (tertiary/aromatic N) is 1. The second-order valence-electron chi connectivity index (χ2n) is 6.84. The largest absolute Gasteiger partial charge is 0.495 e. The van der Waals surface area contributed by atoms with E-state index in [1.54, 1.807) is 26.0 Å². The molecule has 0 atom stereocenters. The summed E-state index contributed by atoms with van der Waals surface area (Å²) in [5.74, 6) is 0.686. The van der Waals surface area contributed by atoms with E-state index in [0.29, 0.717) is 18.0 Å². The molecule has 7 heteroatoms. The van der Waals surface area contributed by atoms with Crippen molar-refractivity contribution in [2.75, 3.05) is 20.2 Å². The number of benzene rings is 1. The fourth-order valence-corrected chi connectivity index (χ4v) is 4.18. The molecule has 0 saturated heterocycles. The molecule has 1 amide bonds. The van der Waals surface area contributed by atoms with Crippen LogP contribution in [0.15, 0.2) is 23.1 Å². The Labute approximate surface area is 150 Å². The third-order valence-corrected chi connectivity index (χ3v) is 5.73. The Morgan fingerprint density at radius 1 is 1.36 bits per heavy atom. The van der Waals surface area contributed by atoms with Crippen molar-refractivity contribution in [2.24, 2.45) is 5.92 Å². The maximum absolute atomic E-state index is 12.9. The lowest BCUT2D eigenvalue weighted by molar-refractivity contribution is 0.0747. The molecular formula is C18H28N2O4S. The van der Waals surface area contributed by atoms with Crippen LogP contribution >= 0.6 is 0 Å². The highest BCUT2D eigenvalue weighted by Gasteiger charge is 2.28. The number of sulfonamides is 1. The van der Waals surface area contributed by atoms with Crippen LogP contribution in [0, 0.1) is 5.92 Å². The Bertz CT molecular complexity index is 712. The topological polar surface area (TPSA) is 75.7 Å². The van der Waals surface area contributed by atoms with Gasteiger partial charge in [-0.25, -0.2) is 13.1 Å². The van der Waals surface area contributed by atoms with E-state index < -0.39 is 10.0 Å². The Kier molecular flexibility index (Phi) is 6.46. The standard InChI is InChI=1S/C18H28N2O4S/c1-5-10-20(12-14-6-7-14)18(21)15-8-9-16(24-4)17(11-15)25(22,23)19-13(2)3/h8-9,11,13-14,19H,5-7,10,12H2,1-4H3. The molecule has 2 rings (SSSR count). The number of hydrogen-bond donors (Lipinski definition) is 1. The van der Waals surface area contributed by atoms with Crippen LogP contribution in [0.5, 0.6) is 5.75 Å². The lowest BCUT2D eigenvalue weighted by atomic mass is 10.1. The maximum Gasteiger partial charge on any atom is 0.253 e. The van der Waals surface area contributed by atoms with E-state index in [-0.39, 0.29) is 22.6 Å². The van der Waals surface area contributed by atoms with Crippen LogP contribution < -0.4 is 9.46 Å². The van der Waals surface area contributed by atoms with E-state index in [0.717, 1.165) is 25.8 Å². The average Bonchev–Trinajstić information content (AvgIpc) is 3.36. The maximum atomic E-state index is 12.9. The molecule has 0 radical (unpaired) electrons. The van der Waals surface area contributed by atoms with E-state index in [4.69, 9.17) is 4.74 Å². The molecular weight excluding hydrogens is 340 g/mol. The van der Waals surface area contributed by atoms with Crippen LogP contribution in [0.3, 0.4) is 0 Å². The summed E-state index contributed by atoms with van der Waals surface area (Å²) in [5, 5.41) is 0. The number of ether oxygens (including phenoxy) is 1. The van der Waals surface area contributed by atoms with Crippen LogP contribution in [0.2, 0.25) is 0 Å². The molecule has 25 heavy (non-hydrogen) atoms. The molecule has 1 fully saturated rings. The van der Waals surface area contributed by atoms with Gasteiger partial charge in [-0.15, -0.1) is 0 Å². The van der Waals surface area contributed by atoms with Crippen molar-refractivity contribution in [1.29, 1.82) is 0 Å². The number of rotatable bonds is 9. The highest BCUT2D eigenvalue weighted by Crippen LogP contribution is 2.31. The van der Waals surface area contributed by atoms with Gasteiger partial charge < -0.3 is 9.64 Å². The Morgan fingerprint density at radius 2 is 2.04 bits per heavy atom. The van der Waals surface area contributed by atoms with Crippen LogP contribution in [0.25, 0.3) is 0 Å². The third kappa shape index (κ3) is 5.19. The number of methoxy groups -OCH3 is 1. The number of carbonyl (C=O) groups excluding carboxylic acids is 1. The summed E-state index contributed by atoms with van der Waals surface area (Å²) >= 11 is 0. The van der Waals surface area contributed by atoms with Gasteiger partial charge in [0.25, 0.3) is 5.91 Å². The summed E-state index contributed by atoms with van der Waals surface area (Å²) in [7, 11) is -2.33. The van der Waals surface area contributed by atoms with Crippen molar-refractivity contribution in [3.63, 3.8) is 0 Å². The summed E-state index contributed by atoms with van der Waals surface area (Å²) in [6, 6.07) is 4.34. The second kappa shape index (κ2) is 8.19. The monoisotopic (exact) mass is 368 g/mol. The molecule has 0 aliphatic heterocycles. The van der Waals surface area contributed by atoms with Crippen molar-refractivity contribution >= 4 is 15.9 Å². The number of hydrogen-bond acceptors (Lipinski definition) is 4. The van der Waals surface area contributed by atoms with Gasteiger partial charge in [-0.2, -0.15) is 0 Å². The van der Waals surface area contributed by atoms with Gasteiger partial charge in [-0.1, -0.05) is 6.92 Å². The first-order valence-electron chi connectivity index (χ1n) is 8.78. The van der Waals surface area contributed by atoms with Crippen molar-refractivity contribution in [1.82, 2.24) is 9.62 Å². The van der Waals surface area contributed by atoms with Gasteiger partial charge in [0, 0.05) is 24.7 Å². The molecule has 140 valence electrons. The second-order valence-corrected chi connectivity index (χ2v) is 8.52. The molecule has 1 aromatic rings. The molecule has 0 spiro atoms. The van der Waals surface area contributed by atoms with Gasteiger partial charge in [-0.05, 0) is 57.2 Å². The van der Waals surface area contributed by atoms with Crippen LogP contribution in [-0.2, 0) is 10.0 Å². The van der Waals surface area contributed by atoms with E-state index in [1.807, 2.05) is 11.8 Å². The van der Waals surface area contributed by atoms with Gasteiger partial charge >= 0.3 is 0 Å². The first-order chi connectivity index (χ1) is 11.8. The smallest absolute Gasteiger partial charge is 0.253 e. The first-order valence-corrected chi connectivity index (χ1v) is 10.3. The summed E-state index contributed by atoms with van der Waals surface area (Å²) in [6.07, 6.45) is 3.19. The Balaban J connectivity index is 2.34. The zero-order valence-corrected chi connectivity index (χ0v) is 16.2. The summed E-state index contributed by atoms with van der Waals surface area (Å²) < 4.78 is 32.9. The van der Waals surface area contributed by atoms with E-state index in [1.165, 1.54) is 13.2 Å². The Morgan fingerprint density at radius 3 is 2.56 bits per heavy atom. The third-order valence-electron chi connectivity index (χ3n) is 4.05. The van der Waals surface area contributed by atoms with Gasteiger partial charge in [0.1, 0.15) is 10.6 Å². The van der Waals surface area contributed by atoms with Crippen molar-refractivity contribution in [3.8, 4) is 5.75 Å². The van der Waals surface area contributed by atoms with Crippen LogP contribution in [0.1, 0.15) is 50.4 Å². The highest BCUT2D eigenvalue weighted by molar-refractivity contribution is 7.89. The lowest BCUT2D eigenvalue weighted by Gasteiger charge is -2.23. The molecule has 6 nitrogen and oxygen atoms in total. The van der Waals surface area contributed by atoms with E-state index in [9.17, 15) is 13.2 Å². The lowest BCUT2D eigenvalue weighted by Crippen LogP contribution is -2.34. The molecule has 0 unspecified atom stereocenters. The number of carbonyl (C=O) groups is 1. The molecule has 0 aromatic heterocycles. The summed E-state index contributed by atoms with van der Waals surface area (Å²) in [4.78, 5) is 14.7. The predicted octanol–water partition coefficient (Wildman–Crippen LogP) is 2.64. The fraction of sp³-hybridized carbons (Fsp3) is 0.611. The molecule has 0 bridgehead atoms. The minimum absolute atomic E-state index is 0.00239. The van der Waals surface area contributed by atoms with Crippen molar-refractivity contribution in [2.45, 2.75) is 51.0 Å². The average molecular weight is 368 g/mol. The van der Waals surface area contributed by atoms with Crippen molar-refractivity contribution < 1.29 is 17.9 Å². The van der Waals surface area contributed by atoms with Crippen molar-refractivity contribution in [3.05, 3.63) is 23.8 Å². The van der Waals surface area contributed by atoms with Crippen LogP contribution in [-0.4, -0.2) is 45.5 Å². The van der Waals surface area contributed by atoms with Crippen LogP contribution in [0.4, 0.5) is 0 Å². The zero-order chi connectivity index (χ0) is 18.6. The first kappa shape index (κ1) is 19.7. The normalized spacial score (nSPS) is 14.6.